The Morgan fingerprint density at radius 1 is 0.932 bits per heavy atom. The fraction of sp³-hybridized carbons (Fsp3) is 0.0625. The summed E-state index contributed by atoms with van der Waals surface area (Å²) in [5, 5.41) is 11.1. The summed E-state index contributed by atoms with van der Waals surface area (Å²) in [5.74, 6) is -0.751. The van der Waals surface area contributed by atoms with E-state index in [0.29, 0.717) is 37.9 Å². The standard InChI is InChI=1S/C32H24Cl2N4O4S2/c1-19(29(39)38-32-37-28(18-43-32)21-9-14-25(33)26(34)16-21)44-24-12-10-22(11-13-24)35-31(41)27(17-23-8-5-15-42-23)36-30(40)20-6-3-2-4-7-20/h2-19H,1H3,(H,35,41)(H,36,40)(H,37,38,39)/b27-17-. The molecule has 0 aliphatic rings. The van der Waals surface area contributed by atoms with Gasteiger partial charge in [-0.25, -0.2) is 4.98 Å². The molecule has 222 valence electrons. The summed E-state index contributed by atoms with van der Waals surface area (Å²) in [6.45, 7) is 1.80. The van der Waals surface area contributed by atoms with Gasteiger partial charge in [0.1, 0.15) is 11.5 Å². The molecule has 3 N–H and O–H groups in total. The molecule has 0 aliphatic carbocycles. The smallest absolute Gasteiger partial charge is 0.272 e. The van der Waals surface area contributed by atoms with E-state index in [1.54, 1.807) is 85.8 Å². The van der Waals surface area contributed by atoms with Crippen LogP contribution in [-0.4, -0.2) is 28.0 Å². The number of carbonyl (C=O) groups is 3. The van der Waals surface area contributed by atoms with Gasteiger partial charge in [0, 0.05) is 33.2 Å². The van der Waals surface area contributed by atoms with Crippen molar-refractivity contribution in [1.29, 1.82) is 0 Å². The number of rotatable bonds is 10. The van der Waals surface area contributed by atoms with Gasteiger partial charge in [0.05, 0.1) is 27.3 Å². The van der Waals surface area contributed by atoms with E-state index in [1.807, 2.05) is 11.4 Å². The van der Waals surface area contributed by atoms with Gasteiger partial charge < -0.3 is 20.4 Å². The topological polar surface area (TPSA) is 113 Å². The van der Waals surface area contributed by atoms with Gasteiger partial charge in [-0.3, -0.25) is 14.4 Å². The molecule has 5 rings (SSSR count). The van der Waals surface area contributed by atoms with E-state index < -0.39 is 17.1 Å². The van der Waals surface area contributed by atoms with Gasteiger partial charge >= 0.3 is 0 Å². The molecule has 2 aromatic heterocycles. The Kier molecular flexibility index (Phi) is 10.2. The molecule has 0 radical (unpaired) electrons. The number of thioether (sulfide) groups is 1. The molecule has 0 fully saturated rings. The zero-order valence-corrected chi connectivity index (χ0v) is 26.2. The lowest BCUT2D eigenvalue weighted by Crippen LogP contribution is -2.30. The average Bonchev–Trinajstić information content (AvgIpc) is 3.72. The number of thiazole rings is 1. The molecular weight excluding hydrogens is 639 g/mol. The highest BCUT2D eigenvalue weighted by Crippen LogP contribution is 2.31. The van der Waals surface area contributed by atoms with Crippen LogP contribution in [-0.2, 0) is 9.59 Å². The zero-order valence-electron chi connectivity index (χ0n) is 23.0. The molecule has 0 bridgehead atoms. The third-order valence-electron chi connectivity index (χ3n) is 6.10. The number of carbonyl (C=O) groups excluding carboxylic acids is 3. The van der Waals surface area contributed by atoms with Crippen LogP contribution in [0.2, 0.25) is 10.0 Å². The first kappa shape index (κ1) is 31.1. The number of hydrogen-bond donors (Lipinski definition) is 3. The lowest BCUT2D eigenvalue weighted by atomic mass is 10.2. The number of nitrogens with one attached hydrogen (secondary N) is 3. The highest BCUT2D eigenvalue weighted by molar-refractivity contribution is 8.00. The molecular formula is C32H24Cl2N4O4S2. The summed E-state index contributed by atoms with van der Waals surface area (Å²) in [4.78, 5) is 44.1. The van der Waals surface area contributed by atoms with Crippen molar-refractivity contribution in [1.82, 2.24) is 10.3 Å². The Balaban J connectivity index is 1.18. The van der Waals surface area contributed by atoms with E-state index in [1.165, 1.54) is 35.4 Å². The maximum atomic E-state index is 13.1. The van der Waals surface area contributed by atoms with Gasteiger partial charge in [-0.15, -0.1) is 23.1 Å². The Labute approximate surface area is 271 Å². The lowest BCUT2D eigenvalue weighted by Gasteiger charge is -2.13. The quantitative estimate of drug-likeness (QED) is 0.103. The monoisotopic (exact) mass is 662 g/mol. The predicted molar refractivity (Wildman–Crippen MR) is 177 cm³/mol. The van der Waals surface area contributed by atoms with Crippen LogP contribution in [0.5, 0.6) is 0 Å². The van der Waals surface area contributed by atoms with Gasteiger partial charge in [-0.2, -0.15) is 0 Å². The number of anilines is 2. The maximum Gasteiger partial charge on any atom is 0.272 e. The minimum Gasteiger partial charge on any atom is -0.465 e. The minimum absolute atomic E-state index is 0.0158. The highest BCUT2D eigenvalue weighted by atomic mass is 35.5. The predicted octanol–water partition coefficient (Wildman–Crippen LogP) is 8.24. The first-order valence-corrected chi connectivity index (χ1v) is 15.7. The Hall–Kier alpha value is -4.35. The molecule has 3 aromatic carbocycles. The van der Waals surface area contributed by atoms with Crippen molar-refractivity contribution in [2.24, 2.45) is 0 Å². The van der Waals surface area contributed by atoms with Crippen LogP contribution < -0.4 is 16.0 Å². The van der Waals surface area contributed by atoms with Crippen LogP contribution in [0.15, 0.2) is 112 Å². The summed E-state index contributed by atoms with van der Waals surface area (Å²) >= 11 is 14.8. The Morgan fingerprint density at radius 3 is 2.41 bits per heavy atom. The molecule has 44 heavy (non-hydrogen) atoms. The van der Waals surface area contributed by atoms with E-state index in [0.717, 1.165) is 10.5 Å². The fourth-order valence-corrected chi connectivity index (χ4v) is 5.75. The van der Waals surface area contributed by atoms with Crippen molar-refractivity contribution in [3.05, 3.63) is 124 Å². The van der Waals surface area contributed by atoms with E-state index in [4.69, 9.17) is 27.6 Å². The molecule has 0 saturated heterocycles. The van der Waals surface area contributed by atoms with Crippen LogP contribution >= 0.6 is 46.3 Å². The van der Waals surface area contributed by atoms with E-state index in [9.17, 15) is 14.4 Å². The number of aromatic nitrogens is 1. The van der Waals surface area contributed by atoms with E-state index >= 15 is 0 Å². The molecule has 0 saturated carbocycles. The van der Waals surface area contributed by atoms with Gasteiger partial charge in [-0.05, 0) is 67.6 Å². The van der Waals surface area contributed by atoms with Crippen molar-refractivity contribution < 1.29 is 18.8 Å². The molecule has 12 heteroatoms. The van der Waals surface area contributed by atoms with Gasteiger partial charge in [0.15, 0.2) is 5.13 Å². The third kappa shape index (κ3) is 8.18. The minimum atomic E-state index is -0.525. The van der Waals surface area contributed by atoms with Crippen molar-refractivity contribution in [3.63, 3.8) is 0 Å². The second-order valence-corrected chi connectivity index (χ2v) is 12.4. The molecule has 3 amide bonds. The lowest BCUT2D eigenvalue weighted by molar-refractivity contribution is -0.115. The Bertz CT molecular complexity index is 1810. The summed E-state index contributed by atoms with van der Waals surface area (Å²) in [7, 11) is 0. The van der Waals surface area contributed by atoms with Crippen LogP contribution in [0, 0.1) is 0 Å². The van der Waals surface area contributed by atoms with Gasteiger partial charge in [0.2, 0.25) is 5.91 Å². The maximum absolute atomic E-state index is 13.1. The van der Waals surface area contributed by atoms with Crippen molar-refractivity contribution in [3.8, 4) is 11.3 Å². The normalized spacial score (nSPS) is 11.9. The summed E-state index contributed by atoms with van der Waals surface area (Å²) in [6, 6.07) is 24.2. The van der Waals surface area contributed by atoms with Gasteiger partial charge in [-0.1, -0.05) is 47.5 Å². The SMILES string of the molecule is CC(Sc1ccc(NC(=O)/C(=C/c2ccco2)NC(=O)c2ccccc2)cc1)C(=O)Nc1nc(-c2ccc(Cl)c(Cl)c2)cs1. The van der Waals surface area contributed by atoms with Crippen LogP contribution in [0.25, 0.3) is 17.3 Å². The fourth-order valence-electron chi connectivity index (χ4n) is 3.86. The van der Waals surface area contributed by atoms with E-state index in [-0.39, 0.29) is 11.6 Å². The first-order valence-electron chi connectivity index (χ1n) is 13.2. The molecule has 0 spiro atoms. The zero-order chi connectivity index (χ0) is 31.1. The molecule has 2 heterocycles. The number of hydrogen-bond acceptors (Lipinski definition) is 7. The third-order valence-corrected chi connectivity index (χ3v) is 8.71. The van der Waals surface area contributed by atoms with Crippen molar-refractivity contribution in [2.75, 3.05) is 10.6 Å². The number of halogens is 2. The number of nitrogens with zero attached hydrogens (tertiary/aromatic N) is 1. The average molecular weight is 664 g/mol. The van der Waals surface area contributed by atoms with Crippen molar-refractivity contribution >= 4 is 80.9 Å². The highest BCUT2D eigenvalue weighted by Gasteiger charge is 2.18. The summed E-state index contributed by atoms with van der Waals surface area (Å²) in [5.41, 5.74) is 2.42. The van der Waals surface area contributed by atoms with Crippen molar-refractivity contribution in [2.45, 2.75) is 17.1 Å². The molecule has 5 aromatic rings. The molecule has 1 unspecified atom stereocenters. The molecule has 1 atom stereocenters. The number of amides is 3. The van der Waals surface area contributed by atoms with E-state index in [2.05, 4.69) is 20.9 Å². The van der Waals surface area contributed by atoms with Gasteiger partial charge in [0.25, 0.3) is 11.8 Å². The van der Waals surface area contributed by atoms with Crippen LogP contribution in [0.4, 0.5) is 10.8 Å². The number of furan rings is 1. The van der Waals surface area contributed by atoms with Crippen LogP contribution in [0.3, 0.4) is 0 Å². The molecule has 0 aliphatic heterocycles. The Morgan fingerprint density at radius 2 is 1.70 bits per heavy atom. The molecule has 8 nitrogen and oxygen atoms in total. The summed E-state index contributed by atoms with van der Waals surface area (Å²) < 4.78 is 5.34. The number of benzene rings is 3. The largest absolute Gasteiger partial charge is 0.465 e. The first-order chi connectivity index (χ1) is 21.2. The second kappa shape index (κ2) is 14.4. The summed E-state index contributed by atoms with van der Waals surface area (Å²) in [6.07, 6.45) is 2.93. The second-order valence-electron chi connectivity index (χ2n) is 9.29. The van der Waals surface area contributed by atoms with Crippen LogP contribution in [0.1, 0.15) is 23.0 Å².